The number of thiophene rings is 1. The molecule has 0 aliphatic heterocycles. The normalized spacial score (nSPS) is 17.1. The quantitative estimate of drug-likeness (QED) is 0.812. The first-order chi connectivity index (χ1) is 9.54. The van der Waals surface area contributed by atoms with Gasteiger partial charge in [0.05, 0.1) is 3.79 Å². The molecule has 1 fully saturated rings. The summed E-state index contributed by atoms with van der Waals surface area (Å²) in [6.45, 7) is 1.32. The highest BCUT2D eigenvalue weighted by Gasteiger charge is 2.33. The number of halogens is 2. The number of amides is 1. The van der Waals surface area contributed by atoms with Crippen LogP contribution in [-0.4, -0.2) is 24.4 Å². The second-order valence-electron chi connectivity index (χ2n) is 5.95. The third kappa shape index (κ3) is 5.23. The third-order valence-corrected chi connectivity index (χ3v) is 5.89. The number of rotatable bonds is 5. The van der Waals surface area contributed by atoms with E-state index in [0.29, 0.717) is 19.5 Å². The molecule has 1 aliphatic carbocycles. The predicted octanol–water partition coefficient (Wildman–Crippen LogP) is 4.19. The van der Waals surface area contributed by atoms with Gasteiger partial charge in [-0.15, -0.1) is 23.7 Å². The van der Waals surface area contributed by atoms with Gasteiger partial charge in [-0.3, -0.25) is 4.79 Å². The molecule has 6 heteroatoms. The molecule has 2 N–H and O–H groups in total. The average Bonchev–Trinajstić information content (AvgIpc) is 2.85. The van der Waals surface area contributed by atoms with Crippen LogP contribution >= 0.6 is 39.7 Å². The van der Waals surface area contributed by atoms with Crippen LogP contribution in [0.5, 0.6) is 0 Å². The molecule has 0 aromatic carbocycles. The Labute approximate surface area is 145 Å². The highest BCUT2D eigenvalue weighted by molar-refractivity contribution is 9.11. The first-order valence-corrected chi connectivity index (χ1v) is 8.89. The van der Waals surface area contributed by atoms with Crippen LogP contribution < -0.4 is 5.73 Å². The van der Waals surface area contributed by atoms with Crippen molar-refractivity contribution in [2.45, 2.75) is 45.1 Å². The summed E-state index contributed by atoms with van der Waals surface area (Å²) in [5.41, 5.74) is 7.21. The third-order valence-electron chi connectivity index (χ3n) is 4.34. The summed E-state index contributed by atoms with van der Waals surface area (Å²) in [7, 11) is 1.89. The van der Waals surface area contributed by atoms with E-state index in [9.17, 15) is 4.79 Å². The molecule has 0 spiro atoms. The standard InChI is InChI=1S/C15H23BrN2OS.ClH/c1-18(9-12-7-13(16)20-10-12)14(19)8-15(11-17)5-3-2-4-6-15;/h7,10H,2-6,8-9,11,17H2,1H3;1H. The van der Waals surface area contributed by atoms with E-state index in [0.717, 1.165) is 16.6 Å². The Morgan fingerprint density at radius 2 is 2.10 bits per heavy atom. The smallest absolute Gasteiger partial charge is 0.223 e. The molecule has 1 aromatic rings. The van der Waals surface area contributed by atoms with Crippen LogP contribution in [0, 0.1) is 5.41 Å². The molecule has 120 valence electrons. The van der Waals surface area contributed by atoms with Crippen molar-refractivity contribution in [2.75, 3.05) is 13.6 Å². The second-order valence-corrected chi connectivity index (χ2v) is 8.24. The summed E-state index contributed by atoms with van der Waals surface area (Å²) in [6.07, 6.45) is 6.53. The topological polar surface area (TPSA) is 46.3 Å². The second kappa shape index (κ2) is 8.51. The van der Waals surface area contributed by atoms with Crippen LogP contribution in [0.4, 0.5) is 0 Å². The van der Waals surface area contributed by atoms with Gasteiger partial charge in [0.15, 0.2) is 0 Å². The molecular formula is C15H24BrClN2OS. The first kappa shape index (κ1) is 18.9. The van der Waals surface area contributed by atoms with Gasteiger partial charge < -0.3 is 10.6 Å². The Morgan fingerprint density at radius 3 is 2.62 bits per heavy atom. The largest absolute Gasteiger partial charge is 0.341 e. The SMILES string of the molecule is CN(Cc1csc(Br)c1)C(=O)CC1(CN)CCCCC1.Cl. The molecule has 1 amide bonds. The summed E-state index contributed by atoms with van der Waals surface area (Å²) in [5.74, 6) is 0.222. The zero-order valence-corrected chi connectivity index (χ0v) is 15.7. The fraction of sp³-hybridized carbons (Fsp3) is 0.667. The highest BCUT2D eigenvalue weighted by Crippen LogP contribution is 2.38. The Kier molecular flexibility index (Phi) is 7.68. The van der Waals surface area contributed by atoms with E-state index >= 15 is 0 Å². The Balaban J connectivity index is 0.00000220. The maximum atomic E-state index is 12.4. The zero-order valence-electron chi connectivity index (χ0n) is 12.4. The van der Waals surface area contributed by atoms with Gasteiger partial charge in [0, 0.05) is 20.0 Å². The highest BCUT2D eigenvalue weighted by atomic mass is 79.9. The van der Waals surface area contributed by atoms with Crippen LogP contribution in [-0.2, 0) is 11.3 Å². The summed E-state index contributed by atoms with van der Waals surface area (Å²) in [5, 5.41) is 2.09. The van der Waals surface area contributed by atoms with E-state index in [4.69, 9.17) is 5.73 Å². The van der Waals surface area contributed by atoms with Crippen molar-refractivity contribution < 1.29 is 4.79 Å². The van der Waals surface area contributed by atoms with Crippen LogP contribution in [0.15, 0.2) is 15.2 Å². The summed E-state index contributed by atoms with van der Waals surface area (Å²) in [6, 6.07) is 2.08. The molecule has 0 unspecified atom stereocenters. The van der Waals surface area contributed by atoms with E-state index in [1.807, 2.05) is 11.9 Å². The van der Waals surface area contributed by atoms with Gasteiger partial charge in [-0.25, -0.2) is 0 Å². The van der Waals surface area contributed by atoms with Gasteiger partial charge in [-0.2, -0.15) is 0 Å². The van der Waals surface area contributed by atoms with Crippen molar-refractivity contribution in [1.82, 2.24) is 4.90 Å². The Hall–Kier alpha value is -0.100. The summed E-state index contributed by atoms with van der Waals surface area (Å²) >= 11 is 5.11. The number of nitrogens with zero attached hydrogens (tertiary/aromatic N) is 1. The molecular weight excluding hydrogens is 372 g/mol. The lowest BCUT2D eigenvalue weighted by Crippen LogP contribution is -2.39. The molecule has 21 heavy (non-hydrogen) atoms. The van der Waals surface area contributed by atoms with Crippen molar-refractivity contribution >= 4 is 45.6 Å². The lowest BCUT2D eigenvalue weighted by molar-refractivity contribution is -0.133. The van der Waals surface area contributed by atoms with Crippen molar-refractivity contribution in [2.24, 2.45) is 11.1 Å². The molecule has 0 atom stereocenters. The number of carbonyl (C=O) groups excluding carboxylic acids is 1. The van der Waals surface area contributed by atoms with Gasteiger partial charge in [-0.05, 0) is 57.7 Å². The van der Waals surface area contributed by atoms with Gasteiger partial charge in [0.2, 0.25) is 5.91 Å². The minimum absolute atomic E-state index is 0. The molecule has 0 bridgehead atoms. The number of hydrogen-bond acceptors (Lipinski definition) is 3. The number of carbonyl (C=O) groups is 1. The van der Waals surface area contributed by atoms with Crippen molar-refractivity contribution in [3.05, 3.63) is 20.8 Å². The Morgan fingerprint density at radius 1 is 1.43 bits per heavy atom. The predicted molar refractivity (Wildman–Crippen MR) is 94.9 cm³/mol. The molecule has 1 aromatic heterocycles. The average molecular weight is 396 g/mol. The van der Waals surface area contributed by atoms with Crippen molar-refractivity contribution in [1.29, 1.82) is 0 Å². The Bertz CT molecular complexity index is 460. The molecule has 1 heterocycles. The summed E-state index contributed by atoms with van der Waals surface area (Å²) in [4.78, 5) is 14.3. The number of nitrogens with two attached hydrogens (primary N) is 1. The van der Waals surface area contributed by atoms with Crippen LogP contribution in [0.25, 0.3) is 0 Å². The lowest BCUT2D eigenvalue weighted by atomic mass is 9.71. The molecule has 1 aliphatic rings. The van der Waals surface area contributed by atoms with E-state index in [-0.39, 0.29) is 23.7 Å². The van der Waals surface area contributed by atoms with E-state index in [1.54, 1.807) is 11.3 Å². The zero-order chi connectivity index (χ0) is 14.6. The van der Waals surface area contributed by atoms with Crippen LogP contribution in [0.3, 0.4) is 0 Å². The maximum Gasteiger partial charge on any atom is 0.223 e. The van der Waals surface area contributed by atoms with Crippen LogP contribution in [0.1, 0.15) is 44.1 Å². The fourth-order valence-corrected chi connectivity index (χ4v) is 4.20. The maximum absolute atomic E-state index is 12.4. The molecule has 3 nitrogen and oxygen atoms in total. The van der Waals surface area contributed by atoms with Gasteiger partial charge in [0.25, 0.3) is 0 Å². The monoisotopic (exact) mass is 394 g/mol. The fourth-order valence-electron chi connectivity index (χ4n) is 3.00. The summed E-state index contributed by atoms with van der Waals surface area (Å²) < 4.78 is 1.11. The van der Waals surface area contributed by atoms with E-state index < -0.39 is 0 Å². The van der Waals surface area contributed by atoms with Crippen molar-refractivity contribution in [3.8, 4) is 0 Å². The number of hydrogen-bond donors (Lipinski definition) is 1. The van der Waals surface area contributed by atoms with Crippen LogP contribution in [0.2, 0.25) is 0 Å². The molecule has 0 saturated heterocycles. The van der Waals surface area contributed by atoms with E-state index in [1.165, 1.54) is 24.8 Å². The minimum Gasteiger partial charge on any atom is -0.341 e. The first-order valence-electron chi connectivity index (χ1n) is 7.22. The van der Waals surface area contributed by atoms with E-state index in [2.05, 4.69) is 27.4 Å². The van der Waals surface area contributed by atoms with Gasteiger partial charge in [-0.1, -0.05) is 19.3 Å². The molecule has 1 saturated carbocycles. The molecule has 0 radical (unpaired) electrons. The molecule has 2 rings (SSSR count). The van der Waals surface area contributed by atoms with Gasteiger partial charge >= 0.3 is 0 Å². The van der Waals surface area contributed by atoms with Crippen molar-refractivity contribution in [3.63, 3.8) is 0 Å². The minimum atomic E-state index is 0. The lowest BCUT2D eigenvalue weighted by Gasteiger charge is -2.36. The van der Waals surface area contributed by atoms with Gasteiger partial charge in [0.1, 0.15) is 0 Å².